The van der Waals surface area contributed by atoms with Crippen LogP contribution >= 0.6 is 0 Å². The standard InChI is InChI=1S/C29H38N2O5/c1-19(10-6-9-13-23(32)36-29(2,3)4)34-27-25-24(20-14-16-22(33-5)17-15-20)26(21-11-7-8-12-21)35-28(25)31-18-30-27/h14-19,21H,6-13H2,1-5H3. The molecule has 1 fully saturated rings. The Labute approximate surface area is 213 Å². The molecule has 7 nitrogen and oxygen atoms in total. The van der Waals surface area contributed by atoms with E-state index >= 15 is 0 Å². The van der Waals surface area contributed by atoms with Crippen LogP contribution in [0.3, 0.4) is 0 Å². The highest BCUT2D eigenvalue weighted by molar-refractivity contribution is 5.97. The fraction of sp³-hybridized carbons (Fsp3) is 0.552. The molecule has 1 saturated carbocycles. The summed E-state index contributed by atoms with van der Waals surface area (Å²) < 4.78 is 23.5. The van der Waals surface area contributed by atoms with Crippen molar-refractivity contribution in [2.24, 2.45) is 0 Å². The molecule has 0 N–H and O–H groups in total. The van der Waals surface area contributed by atoms with Gasteiger partial charge in [-0.15, -0.1) is 0 Å². The summed E-state index contributed by atoms with van der Waals surface area (Å²) >= 11 is 0. The van der Waals surface area contributed by atoms with Gasteiger partial charge in [0.1, 0.15) is 28.8 Å². The Morgan fingerprint density at radius 2 is 1.83 bits per heavy atom. The molecule has 1 aliphatic carbocycles. The Morgan fingerprint density at radius 3 is 2.50 bits per heavy atom. The summed E-state index contributed by atoms with van der Waals surface area (Å²) in [6.07, 6.45) is 8.91. The summed E-state index contributed by atoms with van der Waals surface area (Å²) in [6.45, 7) is 7.69. The second-order valence-corrected chi connectivity index (χ2v) is 10.7. The predicted molar refractivity (Wildman–Crippen MR) is 139 cm³/mol. The first kappa shape index (κ1) is 26.0. The zero-order chi connectivity index (χ0) is 25.7. The molecular formula is C29H38N2O5. The second kappa shape index (κ2) is 11.3. The summed E-state index contributed by atoms with van der Waals surface area (Å²) in [5, 5.41) is 0.824. The van der Waals surface area contributed by atoms with E-state index in [1.54, 1.807) is 7.11 Å². The zero-order valence-corrected chi connectivity index (χ0v) is 22.1. The summed E-state index contributed by atoms with van der Waals surface area (Å²) in [7, 11) is 1.67. The van der Waals surface area contributed by atoms with E-state index in [4.69, 9.17) is 18.6 Å². The highest BCUT2D eigenvalue weighted by Crippen LogP contribution is 2.46. The lowest BCUT2D eigenvalue weighted by Gasteiger charge is -2.19. The summed E-state index contributed by atoms with van der Waals surface area (Å²) in [5.41, 5.74) is 2.17. The number of carbonyl (C=O) groups excluding carboxylic acids is 1. The van der Waals surface area contributed by atoms with Crippen LogP contribution in [0.2, 0.25) is 0 Å². The van der Waals surface area contributed by atoms with Crippen LogP contribution < -0.4 is 9.47 Å². The maximum atomic E-state index is 12.0. The minimum absolute atomic E-state index is 0.0738. The molecule has 1 aromatic carbocycles. The van der Waals surface area contributed by atoms with E-state index in [-0.39, 0.29) is 12.1 Å². The van der Waals surface area contributed by atoms with Crippen LogP contribution in [0.5, 0.6) is 11.6 Å². The van der Waals surface area contributed by atoms with Crippen molar-refractivity contribution in [1.29, 1.82) is 0 Å². The van der Waals surface area contributed by atoms with Crippen LogP contribution in [0.25, 0.3) is 22.2 Å². The lowest BCUT2D eigenvalue weighted by atomic mass is 9.95. The van der Waals surface area contributed by atoms with Crippen LogP contribution in [-0.4, -0.2) is 34.8 Å². The Kier molecular flexibility index (Phi) is 8.17. The van der Waals surface area contributed by atoms with Crippen molar-refractivity contribution in [2.45, 2.75) is 96.7 Å². The number of fused-ring (bicyclic) bond motifs is 1. The molecule has 1 unspecified atom stereocenters. The van der Waals surface area contributed by atoms with Crippen LogP contribution in [0.4, 0.5) is 0 Å². The third kappa shape index (κ3) is 6.37. The minimum atomic E-state index is -0.449. The highest BCUT2D eigenvalue weighted by Gasteiger charge is 2.29. The number of furan rings is 1. The quantitative estimate of drug-likeness (QED) is 0.217. The molecule has 0 bridgehead atoms. The first-order valence-corrected chi connectivity index (χ1v) is 13.1. The molecule has 2 heterocycles. The van der Waals surface area contributed by atoms with Crippen molar-refractivity contribution in [2.75, 3.05) is 7.11 Å². The third-order valence-electron chi connectivity index (χ3n) is 6.56. The maximum Gasteiger partial charge on any atom is 0.306 e. The molecule has 0 saturated heterocycles. The first-order valence-electron chi connectivity index (χ1n) is 13.1. The zero-order valence-electron chi connectivity index (χ0n) is 22.1. The van der Waals surface area contributed by atoms with Gasteiger partial charge >= 0.3 is 5.97 Å². The summed E-state index contributed by atoms with van der Waals surface area (Å²) in [4.78, 5) is 20.9. The van der Waals surface area contributed by atoms with Gasteiger partial charge in [0.15, 0.2) is 0 Å². The number of aromatic nitrogens is 2. The fourth-order valence-corrected chi connectivity index (χ4v) is 4.88. The molecule has 3 aromatic rings. The summed E-state index contributed by atoms with van der Waals surface area (Å²) in [5.74, 6) is 2.54. The van der Waals surface area contributed by atoms with Gasteiger partial charge in [-0.25, -0.2) is 9.97 Å². The predicted octanol–water partition coefficient (Wildman–Crippen LogP) is 7.23. The lowest BCUT2D eigenvalue weighted by Crippen LogP contribution is -2.23. The smallest absolute Gasteiger partial charge is 0.306 e. The van der Waals surface area contributed by atoms with Crippen molar-refractivity contribution in [3.8, 4) is 22.8 Å². The number of rotatable bonds is 10. The minimum Gasteiger partial charge on any atom is -0.497 e. The lowest BCUT2D eigenvalue weighted by molar-refractivity contribution is -0.154. The van der Waals surface area contributed by atoms with Gasteiger partial charge in [0.05, 0.1) is 13.2 Å². The Balaban J connectivity index is 1.53. The molecule has 1 atom stereocenters. The molecule has 7 heteroatoms. The third-order valence-corrected chi connectivity index (χ3v) is 6.56. The van der Waals surface area contributed by atoms with Crippen molar-refractivity contribution in [3.63, 3.8) is 0 Å². The van der Waals surface area contributed by atoms with E-state index < -0.39 is 5.60 Å². The average molecular weight is 495 g/mol. The van der Waals surface area contributed by atoms with Crippen molar-refractivity contribution in [3.05, 3.63) is 36.4 Å². The second-order valence-electron chi connectivity index (χ2n) is 10.7. The molecule has 36 heavy (non-hydrogen) atoms. The topological polar surface area (TPSA) is 83.7 Å². The fourth-order valence-electron chi connectivity index (χ4n) is 4.88. The largest absolute Gasteiger partial charge is 0.497 e. The summed E-state index contributed by atoms with van der Waals surface area (Å²) in [6, 6.07) is 8.03. The number of carbonyl (C=O) groups is 1. The number of nitrogens with zero attached hydrogens (tertiary/aromatic N) is 2. The Morgan fingerprint density at radius 1 is 1.11 bits per heavy atom. The van der Waals surface area contributed by atoms with Gasteiger partial charge in [-0.3, -0.25) is 4.79 Å². The number of methoxy groups -OCH3 is 1. The van der Waals surface area contributed by atoms with E-state index in [1.807, 2.05) is 39.8 Å². The van der Waals surface area contributed by atoms with Crippen molar-refractivity contribution < 1.29 is 23.4 Å². The van der Waals surface area contributed by atoms with Crippen LogP contribution in [-0.2, 0) is 9.53 Å². The van der Waals surface area contributed by atoms with Gasteiger partial charge in [0.25, 0.3) is 0 Å². The Hall–Kier alpha value is -3.09. The molecular weight excluding hydrogens is 456 g/mol. The highest BCUT2D eigenvalue weighted by atomic mass is 16.6. The van der Waals surface area contributed by atoms with E-state index in [2.05, 4.69) is 22.1 Å². The monoisotopic (exact) mass is 494 g/mol. The van der Waals surface area contributed by atoms with Gasteiger partial charge in [0, 0.05) is 17.9 Å². The molecule has 0 radical (unpaired) electrons. The number of hydrogen-bond acceptors (Lipinski definition) is 7. The van der Waals surface area contributed by atoms with Crippen molar-refractivity contribution >= 4 is 17.1 Å². The van der Waals surface area contributed by atoms with Crippen LogP contribution in [0.15, 0.2) is 35.0 Å². The van der Waals surface area contributed by atoms with Crippen LogP contribution in [0.1, 0.15) is 90.7 Å². The van der Waals surface area contributed by atoms with E-state index in [9.17, 15) is 4.79 Å². The van der Waals surface area contributed by atoms with Gasteiger partial charge in [0.2, 0.25) is 11.6 Å². The number of ether oxygens (including phenoxy) is 3. The maximum absolute atomic E-state index is 12.0. The Bertz CT molecular complexity index is 1160. The molecule has 0 aliphatic heterocycles. The number of hydrogen-bond donors (Lipinski definition) is 0. The van der Waals surface area contributed by atoms with E-state index in [0.717, 1.165) is 60.1 Å². The van der Waals surface area contributed by atoms with Gasteiger partial charge in [-0.2, -0.15) is 0 Å². The number of benzene rings is 1. The van der Waals surface area contributed by atoms with Gasteiger partial charge in [-0.1, -0.05) is 25.0 Å². The normalized spacial score (nSPS) is 15.2. The first-order chi connectivity index (χ1) is 17.2. The van der Waals surface area contributed by atoms with Crippen LogP contribution in [0, 0.1) is 0 Å². The molecule has 0 amide bonds. The average Bonchev–Trinajstić information content (AvgIpc) is 3.49. The molecule has 1 aliphatic rings. The molecule has 2 aromatic heterocycles. The number of unbranched alkanes of at least 4 members (excludes halogenated alkanes) is 1. The van der Waals surface area contributed by atoms with Crippen molar-refractivity contribution in [1.82, 2.24) is 9.97 Å². The number of esters is 1. The SMILES string of the molecule is COc1ccc(-c2c(C3CCCC3)oc3ncnc(OC(C)CCCCC(=O)OC(C)(C)C)c23)cc1. The molecule has 4 rings (SSSR count). The molecule has 0 spiro atoms. The molecule has 194 valence electrons. The van der Waals surface area contributed by atoms with E-state index in [0.29, 0.717) is 23.9 Å². The van der Waals surface area contributed by atoms with Gasteiger partial charge < -0.3 is 18.6 Å². The van der Waals surface area contributed by atoms with E-state index in [1.165, 1.54) is 19.2 Å². The van der Waals surface area contributed by atoms with Gasteiger partial charge in [-0.05, 0) is 77.5 Å².